The fraction of sp³-hybridized carbons (Fsp3) is 0.0909. The molecule has 0 aliphatic heterocycles. The molecule has 2 rings (SSSR count). The molecule has 0 amide bonds. The first-order valence-electron chi connectivity index (χ1n) is 4.12. The van der Waals surface area contributed by atoms with E-state index in [-0.39, 0.29) is 0 Å². The van der Waals surface area contributed by atoms with Gasteiger partial charge in [-0.3, -0.25) is 9.78 Å². The van der Waals surface area contributed by atoms with Crippen LogP contribution < -0.4 is 0 Å². The highest BCUT2D eigenvalue weighted by Gasteiger charge is 2.01. The van der Waals surface area contributed by atoms with Crippen LogP contribution in [0.4, 0.5) is 0 Å². The third kappa shape index (κ3) is 1.20. The predicted octanol–water partition coefficient (Wildman–Crippen LogP) is 2.36. The molecule has 0 fully saturated rings. The van der Waals surface area contributed by atoms with Gasteiger partial charge in [0.25, 0.3) is 0 Å². The third-order valence-electron chi connectivity index (χ3n) is 2.22. The van der Waals surface area contributed by atoms with Gasteiger partial charge in [-0.15, -0.1) is 0 Å². The number of carbonyl (C=O) groups excluding carboxylic acids is 1. The monoisotopic (exact) mass is 171 g/mol. The van der Waals surface area contributed by atoms with Crippen LogP contribution in [0.1, 0.15) is 15.9 Å². The van der Waals surface area contributed by atoms with E-state index in [0.29, 0.717) is 0 Å². The van der Waals surface area contributed by atoms with Crippen LogP contribution in [0.5, 0.6) is 0 Å². The van der Waals surface area contributed by atoms with Crippen molar-refractivity contribution in [3.63, 3.8) is 0 Å². The molecule has 0 saturated carbocycles. The summed E-state index contributed by atoms with van der Waals surface area (Å²) in [4.78, 5) is 14.9. The summed E-state index contributed by atoms with van der Waals surface area (Å²) < 4.78 is 0. The second-order valence-electron chi connectivity index (χ2n) is 2.97. The Morgan fingerprint density at radius 3 is 2.92 bits per heavy atom. The van der Waals surface area contributed by atoms with Crippen LogP contribution >= 0.6 is 0 Å². The van der Waals surface area contributed by atoms with Crippen molar-refractivity contribution in [1.82, 2.24) is 4.98 Å². The summed E-state index contributed by atoms with van der Waals surface area (Å²) in [7, 11) is 0. The van der Waals surface area contributed by atoms with Gasteiger partial charge in [0.15, 0.2) is 0 Å². The number of benzene rings is 1. The van der Waals surface area contributed by atoms with Gasteiger partial charge in [0.1, 0.15) is 6.29 Å². The zero-order valence-corrected chi connectivity index (χ0v) is 7.32. The summed E-state index contributed by atoms with van der Waals surface area (Å²) in [5.74, 6) is 0. The predicted molar refractivity (Wildman–Crippen MR) is 51.9 cm³/mol. The summed E-state index contributed by atoms with van der Waals surface area (Å²) in [6.45, 7) is 1.94. The largest absolute Gasteiger partial charge is 0.298 e. The van der Waals surface area contributed by atoms with Crippen LogP contribution in [0, 0.1) is 6.92 Å². The first-order chi connectivity index (χ1) is 6.33. The Labute approximate surface area is 76.2 Å². The van der Waals surface area contributed by atoms with E-state index in [1.54, 1.807) is 12.3 Å². The van der Waals surface area contributed by atoms with Crippen molar-refractivity contribution in [2.75, 3.05) is 0 Å². The number of aryl methyl sites for hydroxylation is 1. The number of hydrogen-bond donors (Lipinski definition) is 0. The molecule has 0 N–H and O–H groups in total. The molecule has 1 aromatic carbocycles. The molecule has 64 valence electrons. The van der Waals surface area contributed by atoms with Gasteiger partial charge in [-0.05, 0) is 30.7 Å². The molecule has 0 unspecified atom stereocenters. The molecule has 1 heterocycles. The molecule has 1 aromatic heterocycles. The zero-order chi connectivity index (χ0) is 9.26. The molecule has 0 spiro atoms. The molecule has 0 bridgehead atoms. The Morgan fingerprint density at radius 2 is 2.15 bits per heavy atom. The number of carbonyl (C=O) groups is 1. The van der Waals surface area contributed by atoms with Gasteiger partial charge in [0.2, 0.25) is 0 Å². The van der Waals surface area contributed by atoms with Gasteiger partial charge in [0, 0.05) is 17.1 Å². The second-order valence-corrected chi connectivity index (χ2v) is 2.97. The lowest BCUT2D eigenvalue weighted by Crippen LogP contribution is -1.88. The number of nitrogens with zero attached hydrogens (tertiary/aromatic N) is 1. The SMILES string of the molecule is Cc1c(C=O)ccc2ncccc12. The van der Waals surface area contributed by atoms with E-state index < -0.39 is 0 Å². The third-order valence-corrected chi connectivity index (χ3v) is 2.22. The van der Waals surface area contributed by atoms with Crippen LogP contribution in [0.3, 0.4) is 0 Å². The van der Waals surface area contributed by atoms with Crippen molar-refractivity contribution in [3.05, 3.63) is 41.6 Å². The lowest BCUT2D eigenvalue weighted by molar-refractivity contribution is 0.112. The van der Waals surface area contributed by atoms with Crippen molar-refractivity contribution in [2.45, 2.75) is 6.92 Å². The van der Waals surface area contributed by atoms with E-state index in [4.69, 9.17) is 0 Å². The van der Waals surface area contributed by atoms with Gasteiger partial charge in [-0.25, -0.2) is 0 Å². The van der Waals surface area contributed by atoms with Crippen molar-refractivity contribution in [1.29, 1.82) is 0 Å². The molecular formula is C11H9NO. The maximum absolute atomic E-state index is 10.7. The van der Waals surface area contributed by atoms with E-state index >= 15 is 0 Å². The molecular weight excluding hydrogens is 162 g/mol. The Balaban J connectivity index is 2.86. The minimum Gasteiger partial charge on any atom is -0.298 e. The summed E-state index contributed by atoms with van der Waals surface area (Å²) in [5, 5.41) is 1.05. The van der Waals surface area contributed by atoms with Crippen molar-refractivity contribution in [2.24, 2.45) is 0 Å². The number of aromatic nitrogens is 1. The Morgan fingerprint density at radius 1 is 1.31 bits per heavy atom. The lowest BCUT2D eigenvalue weighted by atomic mass is 10.0. The molecule has 2 nitrogen and oxygen atoms in total. The molecule has 0 aliphatic carbocycles. The lowest BCUT2D eigenvalue weighted by Gasteiger charge is -2.02. The number of aldehydes is 1. The summed E-state index contributed by atoms with van der Waals surface area (Å²) in [6, 6.07) is 7.53. The van der Waals surface area contributed by atoms with E-state index in [2.05, 4.69) is 4.98 Å². The average molecular weight is 171 g/mol. The van der Waals surface area contributed by atoms with Crippen molar-refractivity contribution in [3.8, 4) is 0 Å². The number of rotatable bonds is 1. The van der Waals surface area contributed by atoms with Gasteiger partial charge >= 0.3 is 0 Å². The zero-order valence-electron chi connectivity index (χ0n) is 7.32. The summed E-state index contributed by atoms with van der Waals surface area (Å²) >= 11 is 0. The highest BCUT2D eigenvalue weighted by Crippen LogP contribution is 2.18. The standard InChI is InChI=1S/C11H9NO/c1-8-9(7-13)4-5-11-10(8)3-2-6-12-11/h2-7H,1H3. The Bertz CT molecular complexity index is 463. The van der Waals surface area contributed by atoms with Crippen LogP contribution in [-0.4, -0.2) is 11.3 Å². The smallest absolute Gasteiger partial charge is 0.150 e. The van der Waals surface area contributed by atoms with Gasteiger partial charge in [-0.2, -0.15) is 0 Å². The van der Waals surface area contributed by atoms with Crippen LogP contribution in [0.2, 0.25) is 0 Å². The Hall–Kier alpha value is -1.70. The molecule has 2 heteroatoms. The molecule has 0 atom stereocenters. The molecule has 0 aliphatic rings. The number of pyridine rings is 1. The van der Waals surface area contributed by atoms with E-state index in [1.165, 1.54) is 0 Å². The fourth-order valence-corrected chi connectivity index (χ4v) is 1.44. The van der Waals surface area contributed by atoms with E-state index in [9.17, 15) is 4.79 Å². The normalized spacial score (nSPS) is 10.2. The highest BCUT2D eigenvalue weighted by molar-refractivity contribution is 5.90. The van der Waals surface area contributed by atoms with Crippen LogP contribution in [-0.2, 0) is 0 Å². The topological polar surface area (TPSA) is 30.0 Å². The molecule has 0 radical (unpaired) electrons. The fourth-order valence-electron chi connectivity index (χ4n) is 1.44. The molecule has 2 aromatic rings. The van der Waals surface area contributed by atoms with Gasteiger partial charge in [-0.1, -0.05) is 6.07 Å². The first kappa shape index (κ1) is 7.92. The van der Waals surface area contributed by atoms with E-state index in [1.807, 2.05) is 25.1 Å². The van der Waals surface area contributed by atoms with Gasteiger partial charge in [0.05, 0.1) is 5.52 Å². The second kappa shape index (κ2) is 2.98. The maximum Gasteiger partial charge on any atom is 0.150 e. The number of hydrogen-bond acceptors (Lipinski definition) is 2. The molecule has 13 heavy (non-hydrogen) atoms. The summed E-state index contributed by atoms with van der Waals surface area (Å²) in [6.07, 6.45) is 2.63. The van der Waals surface area contributed by atoms with Crippen molar-refractivity contribution >= 4 is 17.2 Å². The van der Waals surface area contributed by atoms with Crippen LogP contribution in [0.25, 0.3) is 10.9 Å². The van der Waals surface area contributed by atoms with Crippen molar-refractivity contribution < 1.29 is 4.79 Å². The first-order valence-corrected chi connectivity index (χ1v) is 4.12. The quantitative estimate of drug-likeness (QED) is 0.616. The van der Waals surface area contributed by atoms with Crippen LogP contribution in [0.15, 0.2) is 30.5 Å². The minimum atomic E-state index is 0.737. The minimum absolute atomic E-state index is 0.737. The highest BCUT2D eigenvalue weighted by atomic mass is 16.1. The Kier molecular flexibility index (Phi) is 1.81. The summed E-state index contributed by atoms with van der Waals surface area (Å²) in [5.41, 5.74) is 2.67. The maximum atomic E-state index is 10.7. The molecule has 0 saturated heterocycles. The number of fused-ring (bicyclic) bond motifs is 1. The average Bonchev–Trinajstić information content (AvgIpc) is 2.19. The van der Waals surface area contributed by atoms with E-state index in [0.717, 1.165) is 28.3 Å². The van der Waals surface area contributed by atoms with Gasteiger partial charge < -0.3 is 0 Å².